The molecular weight excluding hydrogens is 356 g/mol. The van der Waals surface area contributed by atoms with E-state index in [0.717, 1.165) is 6.26 Å². The van der Waals surface area contributed by atoms with Gasteiger partial charge in [-0.25, -0.2) is 8.42 Å². The fourth-order valence-corrected chi connectivity index (χ4v) is 3.64. The fourth-order valence-electron chi connectivity index (χ4n) is 3.08. The zero-order valence-electron chi connectivity index (χ0n) is 15.7. The van der Waals surface area contributed by atoms with E-state index in [2.05, 4.69) is 0 Å². The molecule has 0 saturated carbocycles. The molecule has 144 valence electrons. The van der Waals surface area contributed by atoms with Crippen LogP contribution in [0.25, 0.3) is 0 Å². The highest BCUT2D eigenvalue weighted by molar-refractivity contribution is 7.92. The molecule has 0 spiro atoms. The first kappa shape index (κ1) is 20.2. The lowest BCUT2D eigenvalue weighted by Gasteiger charge is -2.31. The van der Waals surface area contributed by atoms with E-state index in [4.69, 9.17) is 4.74 Å². The Morgan fingerprint density at radius 1 is 1.27 bits per heavy atom. The lowest BCUT2D eigenvalue weighted by molar-refractivity contribution is -0.149. The van der Waals surface area contributed by atoms with Gasteiger partial charge in [0.25, 0.3) is 5.91 Å². The summed E-state index contributed by atoms with van der Waals surface area (Å²) in [6.45, 7) is 4.94. The molecule has 0 atom stereocenters. The third-order valence-corrected chi connectivity index (χ3v) is 5.87. The number of carbonyl (C=O) groups excluding carboxylic acids is 2. The summed E-state index contributed by atoms with van der Waals surface area (Å²) in [7, 11) is -1.87. The molecule has 1 aliphatic heterocycles. The van der Waals surface area contributed by atoms with Crippen LogP contribution in [-0.2, 0) is 19.6 Å². The number of sulfonamides is 1. The zero-order valence-corrected chi connectivity index (χ0v) is 16.5. The van der Waals surface area contributed by atoms with E-state index < -0.39 is 10.0 Å². The molecule has 1 amide bonds. The first-order valence-electron chi connectivity index (χ1n) is 8.65. The Bertz CT molecular complexity index is 783. The van der Waals surface area contributed by atoms with Gasteiger partial charge in [-0.05, 0) is 50.5 Å². The van der Waals surface area contributed by atoms with Crippen molar-refractivity contribution in [1.82, 2.24) is 4.90 Å². The van der Waals surface area contributed by atoms with Crippen LogP contribution < -0.4 is 4.31 Å². The molecule has 8 heteroatoms. The Morgan fingerprint density at radius 3 is 2.38 bits per heavy atom. The maximum atomic E-state index is 12.7. The van der Waals surface area contributed by atoms with Crippen molar-refractivity contribution in [3.05, 3.63) is 29.3 Å². The monoisotopic (exact) mass is 382 g/mol. The maximum Gasteiger partial charge on any atom is 0.309 e. The number of hydrogen-bond acceptors (Lipinski definition) is 5. The Morgan fingerprint density at radius 2 is 1.88 bits per heavy atom. The van der Waals surface area contributed by atoms with Crippen LogP contribution in [0.2, 0.25) is 0 Å². The molecular formula is C18H26N2O5S. The molecule has 2 rings (SSSR count). The van der Waals surface area contributed by atoms with Gasteiger partial charge in [0.1, 0.15) is 0 Å². The average molecular weight is 382 g/mol. The summed E-state index contributed by atoms with van der Waals surface area (Å²) in [5.41, 5.74) is 1.78. The van der Waals surface area contributed by atoms with Crippen molar-refractivity contribution in [3.63, 3.8) is 0 Å². The number of piperidine rings is 1. The van der Waals surface area contributed by atoms with E-state index in [1.54, 1.807) is 36.9 Å². The number of ether oxygens (including phenoxy) is 1. The maximum absolute atomic E-state index is 12.7. The third-order valence-electron chi connectivity index (χ3n) is 4.68. The Kier molecular flexibility index (Phi) is 6.28. The van der Waals surface area contributed by atoms with Gasteiger partial charge in [0, 0.05) is 25.7 Å². The minimum Gasteiger partial charge on any atom is -0.466 e. The number of aryl methyl sites for hydroxylation is 1. The second kappa shape index (κ2) is 8.07. The minimum absolute atomic E-state index is 0.107. The van der Waals surface area contributed by atoms with Crippen molar-refractivity contribution >= 4 is 27.6 Å². The van der Waals surface area contributed by atoms with Crippen LogP contribution in [0.5, 0.6) is 0 Å². The number of likely N-dealkylation sites (tertiary alicyclic amines) is 1. The predicted molar refractivity (Wildman–Crippen MR) is 99.7 cm³/mol. The Labute approximate surface area is 155 Å². The molecule has 1 heterocycles. The van der Waals surface area contributed by atoms with E-state index in [0.29, 0.717) is 49.4 Å². The van der Waals surface area contributed by atoms with E-state index >= 15 is 0 Å². The second-order valence-electron chi connectivity index (χ2n) is 6.55. The average Bonchev–Trinajstić information content (AvgIpc) is 2.60. The molecule has 1 saturated heterocycles. The van der Waals surface area contributed by atoms with Gasteiger partial charge in [-0.2, -0.15) is 0 Å². The molecule has 0 aromatic heterocycles. The van der Waals surface area contributed by atoms with E-state index in [-0.39, 0.29) is 17.8 Å². The molecule has 1 fully saturated rings. The number of anilines is 1. The lowest BCUT2D eigenvalue weighted by atomic mass is 9.96. The lowest BCUT2D eigenvalue weighted by Crippen LogP contribution is -2.40. The largest absolute Gasteiger partial charge is 0.466 e. The molecule has 0 radical (unpaired) electrons. The van der Waals surface area contributed by atoms with Crippen LogP contribution in [0.3, 0.4) is 0 Å². The third kappa shape index (κ3) is 4.55. The van der Waals surface area contributed by atoms with Crippen molar-refractivity contribution < 1.29 is 22.7 Å². The van der Waals surface area contributed by atoms with Gasteiger partial charge in [-0.3, -0.25) is 13.9 Å². The fraction of sp³-hybridized carbons (Fsp3) is 0.556. The van der Waals surface area contributed by atoms with Gasteiger partial charge in [0.05, 0.1) is 24.5 Å². The van der Waals surface area contributed by atoms with Gasteiger partial charge < -0.3 is 9.64 Å². The van der Waals surface area contributed by atoms with E-state index in [9.17, 15) is 18.0 Å². The van der Waals surface area contributed by atoms with Gasteiger partial charge in [0.2, 0.25) is 10.0 Å². The van der Waals surface area contributed by atoms with Crippen molar-refractivity contribution in [2.24, 2.45) is 5.92 Å². The Hall–Kier alpha value is -2.09. The molecule has 1 aromatic carbocycles. The first-order valence-corrected chi connectivity index (χ1v) is 10.5. The zero-order chi connectivity index (χ0) is 19.5. The molecule has 0 unspecified atom stereocenters. The highest BCUT2D eigenvalue weighted by Gasteiger charge is 2.29. The summed E-state index contributed by atoms with van der Waals surface area (Å²) in [6.07, 6.45) is 2.33. The van der Waals surface area contributed by atoms with E-state index in [1.807, 2.05) is 0 Å². The van der Waals surface area contributed by atoms with Crippen LogP contribution >= 0.6 is 0 Å². The standard InChI is InChI=1S/C18H26N2O5S/c1-5-25-18(22)14-8-10-20(11-9-14)17(21)15-6-7-16(13(2)12-15)19(3)26(4,23)24/h6-7,12,14H,5,8-11H2,1-4H3. The molecule has 0 bridgehead atoms. The Balaban J connectivity index is 2.07. The summed E-state index contributed by atoms with van der Waals surface area (Å²) >= 11 is 0. The quantitative estimate of drug-likeness (QED) is 0.725. The van der Waals surface area contributed by atoms with Gasteiger partial charge in [0.15, 0.2) is 0 Å². The topological polar surface area (TPSA) is 84.0 Å². The van der Waals surface area contributed by atoms with Crippen LogP contribution in [0.1, 0.15) is 35.7 Å². The summed E-state index contributed by atoms with van der Waals surface area (Å²) in [4.78, 5) is 26.2. The number of carbonyl (C=O) groups is 2. The highest BCUT2D eigenvalue weighted by Crippen LogP contribution is 2.25. The minimum atomic E-state index is -3.36. The highest BCUT2D eigenvalue weighted by atomic mass is 32.2. The summed E-state index contributed by atoms with van der Waals surface area (Å²) in [5, 5.41) is 0. The predicted octanol–water partition coefficient (Wildman–Crippen LogP) is 1.81. The summed E-state index contributed by atoms with van der Waals surface area (Å²) in [5.74, 6) is -0.445. The number of benzene rings is 1. The van der Waals surface area contributed by atoms with Gasteiger partial charge in [-0.15, -0.1) is 0 Å². The van der Waals surface area contributed by atoms with Crippen LogP contribution in [0, 0.1) is 12.8 Å². The molecule has 0 N–H and O–H groups in total. The van der Waals surface area contributed by atoms with Crippen molar-refractivity contribution in [3.8, 4) is 0 Å². The van der Waals surface area contributed by atoms with Gasteiger partial charge in [-0.1, -0.05) is 0 Å². The SMILES string of the molecule is CCOC(=O)C1CCN(C(=O)c2ccc(N(C)S(C)(=O)=O)c(C)c2)CC1. The molecule has 26 heavy (non-hydrogen) atoms. The molecule has 1 aliphatic rings. The van der Waals surface area contributed by atoms with Crippen molar-refractivity contribution in [2.45, 2.75) is 26.7 Å². The number of nitrogens with zero attached hydrogens (tertiary/aromatic N) is 2. The first-order chi connectivity index (χ1) is 12.1. The number of rotatable bonds is 5. The van der Waals surface area contributed by atoms with Crippen LogP contribution in [0.4, 0.5) is 5.69 Å². The van der Waals surface area contributed by atoms with Gasteiger partial charge >= 0.3 is 5.97 Å². The number of hydrogen-bond donors (Lipinski definition) is 0. The van der Waals surface area contributed by atoms with Crippen LogP contribution in [0.15, 0.2) is 18.2 Å². The second-order valence-corrected chi connectivity index (χ2v) is 8.56. The van der Waals surface area contributed by atoms with Crippen molar-refractivity contribution in [2.75, 3.05) is 37.3 Å². The number of esters is 1. The number of amides is 1. The molecule has 1 aromatic rings. The van der Waals surface area contributed by atoms with E-state index in [1.165, 1.54) is 11.4 Å². The summed E-state index contributed by atoms with van der Waals surface area (Å²) in [6, 6.07) is 5.00. The smallest absolute Gasteiger partial charge is 0.309 e. The van der Waals surface area contributed by atoms with Crippen molar-refractivity contribution in [1.29, 1.82) is 0 Å². The van der Waals surface area contributed by atoms with Crippen LogP contribution in [-0.4, -0.2) is 58.2 Å². The summed E-state index contributed by atoms with van der Waals surface area (Å²) < 4.78 is 29.6. The molecule has 0 aliphatic carbocycles. The normalized spacial score (nSPS) is 15.6. The molecule has 7 nitrogen and oxygen atoms in total.